The summed E-state index contributed by atoms with van der Waals surface area (Å²) in [4.78, 5) is 32.8. The van der Waals surface area contributed by atoms with E-state index in [0.29, 0.717) is 42.2 Å². The number of hydrogen-bond donors (Lipinski definition) is 1. The van der Waals surface area contributed by atoms with Crippen molar-refractivity contribution in [3.05, 3.63) is 111 Å². The van der Waals surface area contributed by atoms with E-state index in [2.05, 4.69) is 51.8 Å². The van der Waals surface area contributed by atoms with Crippen molar-refractivity contribution in [3.63, 3.8) is 0 Å². The van der Waals surface area contributed by atoms with Gasteiger partial charge in [0, 0.05) is 25.6 Å². The Morgan fingerprint density at radius 2 is 1.61 bits per heavy atom. The van der Waals surface area contributed by atoms with E-state index in [4.69, 9.17) is 9.72 Å². The summed E-state index contributed by atoms with van der Waals surface area (Å²) >= 11 is 0. The van der Waals surface area contributed by atoms with Crippen molar-refractivity contribution in [3.8, 4) is 28.2 Å². The van der Waals surface area contributed by atoms with E-state index in [-0.39, 0.29) is 12.1 Å². The molecule has 0 atom stereocenters. The Kier molecular flexibility index (Phi) is 8.55. The molecule has 6 rings (SSSR count). The number of aromatic amines is 1. The van der Waals surface area contributed by atoms with Crippen molar-refractivity contribution in [1.82, 2.24) is 39.3 Å². The highest BCUT2D eigenvalue weighted by molar-refractivity contribution is 5.80. The van der Waals surface area contributed by atoms with Crippen LogP contribution in [0.1, 0.15) is 37.6 Å². The zero-order valence-corrected chi connectivity index (χ0v) is 24.8. The quantitative estimate of drug-likeness (QED) is 0.206. The number of nitrogens with zero attached hydrogens (tertiary/aromatic N) is 7. The van der Waals surface area contributed by atoms with Crippen LogP contribution in [0.4, 0.5) is 0 Å². The van der Waals surface area contributed by atoms with Crippen LogP contribution in [0.3, 0.4) is 0 Å². The second-order valence-corrected chi connectivity index (χ2v) is 10.6. The van der Waals surface area contributed by atoms with Crippen LogP contribution < -0.4 is 11.2 Å². The first-order chi connectivity index (χ1) is 21.6. The van der Waals surface area contributed by atoms with Crippen molar-refractivity contribution in [1.29, 1.82) is 0 Å². The Balaban J connectivity index is 1.47. The minimum atomic E-state index is -0.430. The summed E-state index contributed by atoms with van der Waals surface area (Å²) in [5, 5.41) is 14.5. The van der Waals surface area contributed by atoms with E-state index in [1.807, 2.05) is 47.0 Å². The predicted molar refractivity (Wildman–Crippen MR) is 169 cm³/mol. The van der Waals surface area contributed by atoms with Gasteiger partial charge in [0.1, 0.15) is 5.82 Å². The van der Waals surface area contributed by atoms with E-state index < -0.39 is 5.69 Å². The third-order valence-electron chi connectivity index (χ3n) is 7.77. The molecule has 0 aliphatic heterocycles. The number of imidazole rings is 1. The summed E-state index contributed by atoms with van der Waals surface area (Å²) < 4.78 is 10.1. The first-order valence-electron chi connectivity index (χ1n) is 14.8. The lowest BCUT2D eigenvalue weighted by molar-refractivity contribution is 0.186. The van der Waals surface area contributed by atoms with Crippen LogP contribution in [0.5, 0.6) is 0 Å². The predicted octanol–water partition coefficient (Wildman–Crippen LogP) is 4.62. The number of methoxy groups -OCH3 is 1. The Hall–Kier alpha value is -5.16. The fraction of sp³-hybridized carbons (Fsp3) is 0.273. The lowest BCUT2D eigenvalue weighted by Crippen LogP contribution is -2.40. The molecule has 3 aromatic carbocycles. The molecule has 0 aliphatic carbocycles. The molecule has 0 aliphatic rings. The van der Waals surface area contributed by atoms with Gasteiger partial charge in [-0.2, -0.15) is 5.21 Å². The Labute approximate surface area is 253 Å². The maximum atomic E-state index is 14.2. The minimum absolute atomic E-state index is 0.277. The summed E-state index contributed by atoms with van der Waals surface area (Å²) in [5.74, 6) is 1.31. The van der Waals surface area contributed by atoms with Crippen LogP contribution in [0.15, 0.2) is 88.5 Å². The molecule has 0 radical (unpaired) electrons. The lowest BCUT2D eigenvalue weighted by Gasteiger charge is -2.13. The number of para-hydroxylation sites is 1. The molecule has 0 saturated heterocycles. The summed E-state index contributed by atoms with van der Waals surface area (Å²) in [7, 11) is 1.59. The molecular weight excluding hydrogens is 556 g/mol. The number of benzene rings is 3. The second kappa shape index (κ2) is 13.0. The Bertz CT molecular complexity index is 1970. The highest BCUT2D eigenvalue weighted by Gasteiger charge is 2.22. The lowest BCUT2D eigenvalue weighted by atomic mass is 9.98. The van der Waals surface area contributed by atoms with Crippen LogP contribution in [-0.4, -0.2) is 53.0 Å². The van der Waals surface area contributed by atoms with Crippen molar-refractivity contribution in [2.45, 2.75) is 45.7 Å². The maximum absolute atomic E-state index is 14.2. The standard InChI is InChI=1S/C33H34N8O3/c1-3-4-6-15-28-34-31-29(32(42)41(25-11-7-5-8-12-25)33(43)39(31)20-21-44-2)40(28)22-23-16-18-24(19-17-23)26-13-9-10-14-27(26)30-35-37-38-36-30/h5,7-14,16-19H,3-4,6,15,20-22H2,1-2H3,(H,35,36,37,38). The normalized spacial score (nSPS) is 11.4. The number of H-pyrrole nitrogens is 1. The minimum Gasteiger partial charge on any atom is -0.383 e. The van der Waals surface area contributed by atoms with Crippen LogP contribution >= 0.6 is 0 Å². The number of nitrogens with one attached hydrogen (secondary N) is 1. The van der Waals surface area contributed by atoms with Gasteiger partial charge in [-0.25, -0.2) is 14.3 Å². The average Bonchev–Trinajstić information content (AvgIpc) is 3.71. The number of tetrazole rings is 1. The molecule has 0 spiro atoms. The molecule has 0 fully saturated rings. The van der Waals surface area contributed by atoms with Crippen LogP contribution in [0.2, 0.25) is 0 Å². The molecule has 3 heterocycles. The van der Waals surface area contributed by atoms with Crippen LogP contribution in [0, 0.1) is 0 Å². The summed E-state index contributed by atoms with van der Waals surface area (Å²) in [5.41, 5.74) is 4.37. The van der Waals surface area contributed by atoms with Gasteiger partial charge in [0.25, 0.3) is 5.56 Å². The average molecular weight is 591 g/mol. The molecule has 11 nitrogen and oxygen atoms in total. The van der Waals surface area contributed by atoms with Gasteiger partial charge in [0.15, 0.2) is 11.2 Å². The molecule has 0 amide bonds. The number of unbranched alkanes of at least 4 members (excludes halogenated alkanes) is 2. The Morgan fingerprint density at radius 3 is 2.32 bits per heavy atom. The van der Waals surface area contributed by atoms with E-state index in [0.717, 1.165) is 47.3 Å². The van der Waals surface area contributed by atoms with E-state index >= 15 is 0 Å². The van der Waals surface area contributed by atoms with Gasteiger partial charge in [0.2, 0.25) is 5.82 Å². The van der Waals surface area contributed by atoms with Crippen molar-refractivity contribution < 1.29 is 4.74 Å². The fourth-order valence-corrected chi connectivity index (χ4v) is 5.55. The van der Waals surface area contributed by atoms with Crippen molar-refractivity contribution in [2.75, 3.05) is 13.7 Å². The maximum Gasteiger partial charge on any atom is 0.337 e. The molecule has 0 saturated carbocycles. The highest BCUT2D eigenvalue weighted by Crippen LogP contribution is 2.30. The third kappa shape index (κ3) is 5.61. The van der Waals surface area contributed by atoms with Crippen LogP contribution in [-0.2, 0) is 24.2 Å². The summed E-state index contributed by atoms with van der Waals surface area (Å²) in [6.07, 6.45) is 3.73. The number of rotatable bonds is 12. The highest BCUT2D eigenvalue weighted by atomic mass is 16.5. The SMILES string of the molecule is CCCCCc1nc2c(c(=O)n(-c3ccccc3)c(=O)n2CCOC)n1Cc1ccc(-c2ccccc2-c2nn[nH]n2)cc1. The number of ether oxygens (including phenoxy) is 1. The summed E-state index contributed by atoms with van der Waals surface area (Å²) in [6.45, 7) is 3.17. The zero-order chi connectivity index (χ0) is 30.5. The Morgan fingerprint density at radius 1 is 0.864 bits per heavy atom. The van der Waals surface area contributed by atoms with E-state index in [9.17, 15) is 9.59 Å². The second-order valence-electron chi connectivity index (χ2n) is 10.6. The molecule has 3 aromatic heterocycles. The fourth-order valence-electron chi connectivity index (χ4n) is 5.55. The largest absolute Gasteiger partial charge is 0.383 e. The zero-order valence-electron chi connectivity index (χ0n) is 24.8. The van der Waals surface area contributed by atoms with Crippen molar-refractivity contribution in [2.24, 2.45) is 0 Å². The van der Waals surface area contributed by atoms with E-state index in [1.54, 1.807) is 23.8 Å². The molecule has 11 heteroatoms. The van der Waals surface area contributed by atoms with E-state index in [1.165, 1.54) is 4.57 Å². The molecule has 224 valence electrons. The third-order valence-corrected chi connectivity index (χ3v) is 7.77. The number of aryl methyl sites for hydroxylation is 1. The van der Waals surface area contributed by atoms with Gasteiger partial charge in [0.05, 0.1) is 18.8 Å². The molecule has 0 unspecified atom stereocenters. The number of hydrogen-bond acceptors (Lipinski definition) is 7. The first-order valence-corrected chi connectivity index (χ1v) is 14.8. The van der Waals surface area contributed by atoms with Gasteiger partial charge in [-0.05, 0) is 40.5 Å². The van der Waals surface area contributed by atoms with Crippen LogP contribution in [0.25, 0.3) is 39.4 Å². The monoisotopic (exact) mass is 590 g/mol. The molecule has 44 heavy (non-hydrogen) atoms. The van der Waals surface area contributed by atoms with Gasteiger partial charge in [-0.1, -0.05) is 86.5 Å². The van der Waals surface area contributed by atoms with Gasteiger partial charge >= 0.3 is 5.69 Å². The molecule has 1 N–H and O–H groups in total. The van der Waals surface area contributed by atoms with Gasteiger partial charge in [-0.3, -0.25) is 9.36 Å². The van der Waals surface area contributed by atoms with Gasteiger partial charge < -0.3 is 9.30 Å². The topological polar surface area (TPSA) is 126 Å². The van der Waals surface area contributed by atoms with Gasteiger partial charge in [-0.15, -0.1) is 10.2 Å². The number of aromatic nitrogens is 8. The number of fused-ring (bicyclic) bond motifs is 1. The first kappa shape index (κ1) is 28.9. The smallest absolute Gasteiger partial charge is 0.337 e. The summed E-state index contributed by atoms with van der Waals surface area (Å²) in [6, 6.07) is 25.2. The molecule has 0 bridgehead atoms. The van der Waals surface area contributed by atoms with Crippen molar-refractivity contribution >= 4 is 11.2 Å². The molecular formula is C33H34N8O3. The molecule has 6 aromatic rings.